The van der Waals surface area contributed by atoms with Gasteiger partial charge in [0.15, 0.2) is 0 Å². The lowest BCUT2D eigenvalue weighted by atomic mass is 10.3. The number of rotatable bonds is 6. The highest BCUT2D eigenvalue weighted by Gasteiger charge is 2.05. The first-order valence-corrected chi connectivity index (χ1v) is 6.02. The highest BCUT2D eigenvalue weighted by atomic mass is 15.2. The van der Waals surface area contributed by atoms with Gasteiger partial charge < -0.3 is 5.32 Å². The fraction of sp³-hybridized carbons (Fsp3) is 0.538. The summed E-state index contributed by atoms with van der Waals surface area (Å²) in [5.74, 6) is 0.767. The molecule has 0 saturated heterocycles. The summed E-state index contributed by atoms with van der Waals surface area (Å²) in [6.45, 7) is 9.41. The summed E-state index contributed by atoms with van der Waals surface area (Å²) in [6.07, 6.45) is 0. The molecule has 0 spiro atoms. The van der Waals surface area contributed by atoms with Crippen LogP contribution in [-0.4, -0.2) is 35.6 Å². The molecule has 0 radical (unpaired) electrons. The van der Waals surface area contributed by atoms with Crippen molar-refractivity contribution in [3.63, 3.8) is 0 Å². The van der Waals surface area contributed by atoms with Gasteiger partial charge in [-0.2, -0.15) is 5.26 Å². The molecule has 4 nitrogen and oxygen atoms in total. The van der Waals surface area contributed by atoms with Gasteiger partial charge in [0.2, 0.25) is 0 Å². The number of hydrogen-bond acceptors (Lipinski definition) is 4. The van der Waals surface area contributed by atoms with Crippen LogP contribution in [-0.2, 0) is 0 Å². The highest BCUT2D eigenvalue weighted by molar-refractivity contribution is 5.38. The van der Waals surface area contributed by atoms with Crippen molar-refractivity contribution in [1.29, 1.82) is 5.26 Å². The second kappa shape index (κ2) is 6.87. The Bertz CT molecular complexity index is 381. The Morgan fingerprint density at radius 3 is 2.82 bits per heavy atom. The first-order valence-electron chi connectivity index (χ1n) is 6.02. The summed E-state index contributed by atoms with van der Waals surface area (Å²) in [6, 6.07) is 8.02. The van der Waals surface area contributed by atoms with Crippen LogP contribution in [0, 0.1) is 11.3 Å². The van der Waals surface area contributed by atoms with Gasteiger partial charge in [0.1, 0.15) is 17.6 Å². The summed E-state index contributed by atoms with van der Waals surface area (Å²) in [5.41, 5.74) is 0.450. The van der Waals surface area contributed by atoms with Crippen molar-refractivity contribution >= 4 is 5.82 Å². The maximum absolute atomic E-state index is 8.74. The van der Waals surface area contributed by atoms with Crippen LogP contribution in [0.3, 0.4) is 0 Å². The van der Waals surface area contributed by atoms with E-state index in [0.717, 1.165) is 25.5 Å². The van der Waals surface area contributed by atoms with Gasteiger partial charge in [0.05, 0.1) is 0 Å². The van der Waals surface area contributed by atoms with Crippen molar-refractivity contribution in [2.24, 2.45) is 0 Å². The van der Waals surface area contributed by atoms with E-state index in [1.54, 1.807) is 6.07 Å². The molecule has 17 heavy (non-hydrogen) atoms. The van der Waals surface area contributed by atoms with Gasteiger partial charge in [-0.3, -0.25) is 4.90 Å². The number of aromatic nitrogens is 1. The Balaban J connectivity index is 2.43. The van der Waals surface area contributed by atoms with Gasteiger partial charge in [-0.1, -0.05) is 13.0 Å². The topological polar surface area (TPSA) is 52.0 Å². The van der Waals surface area contributed by atoms with Crippen molar-refractivity contribution in [3.05, 3.63) is 23.9 Å². The Morgan fingerprint density at radius 2 is 2.24 bits per heavy atom. The minimum absolute atomic E-state index is 0.450. The van der Waals surface area contributed by atoms with Crippen molar-refractivity contribution in [1.82, 2.24) is 9.88 Å². The number of likely N-dealkylation sites (N-methyl/N-ethyl adjacent to an activating group) is 1. The molecule has 1 aromatic rings. The summed E-state index contributed by atoms with van der Waals surface area (Å²) in [7, 11) is 0. The lowest BCUT2D eigenvalue weighted by Crippen LogP contribution is -2.34. The first kappa shape index (κ1) is 13.5. The predicted molar refractivity (Wildman–Crippen MR) is 69.8 cm³/mol. The van der Waals surface area contributed by atoms with Gasteiger partial charge in [0, 0.05) is 19.1 Å². The molecule has 1 rings (SSSR count). The van der Waals surface area contributed by atoms with Gasteiger partial charge in [-0.05, 0) is 32.5 Å². The van der Waals surface area contributed by atoms with Crippen LogP contribution in [0.1, 0.15) is 26.5 Å². The molecule has 0 aliphatic rings. The summed E-state index contributed by atoms with van der Waals surface area (Å²) >= 11 is 0. The smallest absolute Gasteiger partial charge is 0.142 e. The van der Waals surface area contributed by atoms with E-state index >= 15 is 0 Å². The molecule has 4 heteroatoms. The Hall–Kier alpha value is -1.60. The van der Waals surface area contributed by atoms with Gasteiger partial charge in [-0.25, -0.2) is 4.98 Å². The van der Waals surface area contributed by atoms with Crippen molar-refractivity contribution in [2.45, 2.75) is 26.8 Å². The van der Waals surface area contributed by atoms with Crippen LogP contribution in [0.2, 0.25) is 0 Å². The van der Waals surface area contributed by atoms with Crippen LogP contribution in [0.5, 0.6) is 0 Å². The molecule has 0 saturated carbocycles. The lowest BCUT2D eigenvalue weighted by Gasteiger charge is -2.24. The Morgan fingerprint density at radius 1 is 1.47 bits per heavy atom. The summed E-state index contributed by atoms with van der Waals surface area (Å²) in [4.78, 5) is 6.54. The molecule has 0 unspecified atom stereocenters. The standard InChI is InChI=1S/C13H20N4/c1-4-17(11(2)3)9-8-15-13-7-5-6-12(10-14)16-13/h5-7,11H,4,8-9H2,1-3H3,(H,15,16). The molecule has 0 amide bonds. The highest BCUT2D eigenvalue weighted by Crippen LogP contribution is 2.04. The molecule has 0 aliphatic heterocycles. The molecular formula is C13H20N4. The van der Waals surface area contributed by atoms with E-state index in [-0.39, 0.29) is 0 Å². The average molecular weight is 232 g/mol. The monoisotopic (exact) mass is 232 g/mol. The molecule has 0 bridgehead atoms. The van der Waals surface area contributed by atoms with Crippen molar-refractivity contribution in [2.75, 3.05) is 25.0 Å². The van der Waals surface area contributed by atoms with Crippen LogP contribution in [0.4, 0.5) is 5.82 Å². The zero-order valence-electron chi connectivity index (χ0n) is 10.8. The molecule has 0 atom stereocenters. The fourth-order valence-corrected chi connectivity index (χ4v) is 1.70. The molecule has 0 aliphatic carbocycles. The maximum atomic E-state index is 8.74. The quantitative estimate of drug-likeness (QED) is 0.816. The maximum Gasteiger partial charge on any atom is 0.142 e. The minimum atomic E-state index is 0.450. The van der Waals surface area contributed by atoms with E-state index in [1.807, 2.05) is 18.2 Å². The van der Waals surface area contributed by atoms with E-state index in [9.17, 15) is 0 Å². The third-order valence-corrected chi connectivity index (χ3v) is 2.71. The van der Waals surface area contributed by atoms with E-state index in [1.165, 1.54) is 0 Å². The van der Waals surface area contributed by atoms with Gasteiger partial charge >= 0.3 is 0 Å². The van der Waals surface area contributed by atoms with Crippen molar-refractivity contribution in [3.8, 4) is 6.07 Å². The van der Waals surface area contributed by atoms with E-state index in [4.69, 9.17) is 5.26 Å². The molecule has 92 valence electrons. The largest absolute Gasteiger partial charge is 0.369 e. The lowest BCUT2D eigenvalue weighted by molar-refractivity contribution is 0.243. The SMILES string of the molecule is CCN(CCNc1cccc(C#N)n1)C(C)C. The Kier molecular flexibility index (Phi) is 5.44. The van der Waals surface area contributed by atoms with E-state index in [2.05, 4.69) is 36.0 Å². The third kappa shape index (κ3) is 4.41. The predicted octanol–water partition coefficient (Wildman–Crippen LogP) is 2.10. The molecule has 1 aromatic heterocycles. The average Bonchev–Trinajstić information content (AvgIpc) is 2.34. The number of nitrogens with one attached hydrogen (secondary N) is 1. The second-order valence-corrected chi connectivity index (χ2v) is 4.17. The Labute approximate surface area is 103 Å². The summed E-state index contributed by atoms with van der Waals surface area (Å²) < 4.78 is 0. The molecule has 0 fully saturated rings. The zero-order valence-corrected chi connectivity index (χ0v) is 10.8. The normalized spacial score (nSPS) is 10.6. The molecule has 0 aromatic carbocycles. The van der Waals surface area contributed by atoms with E-state index in [0.29, 0.717) is 11.7 Å². The fourth-order valence-electron chi connectivity index (χ4n) is 1.70. The molecule has 1 N–H and O–H groups in total. The van der Waals surface area contributed by atoms with Crippen molar-refractivity contribution < 1.29 is 0 Å². The van der Waals surface area contributed by atoms with Crippen LogP contribution in [0.15, 0.2) is 18.2 Å². The number of pyridine rings is 1. The number of hydrogen-bond donors (Lipinski definition) is 1. The summed E-state index contributed by atoms with van der Waals surface area (Å²) in [5, 5.41) is 12.0. The number of nitrogens with zero attached hydrogens (tertiary/aromatic N) is 3. The zero-order chi connectivity index (χ0) is 12.7. The second-order valence-electron chi connectivity index (χ2n) is 4.17. The molecular weight excluding hydrogens is 212 g/mol. The minimum Gasteiger partial charge on any atom is -0.369 e. The van der Waals surface area contributed by atoms with Crippen LogP contribution < -0.4 is 5.32 Å². The van der Waals surface area contributed by atoms with E-state index < -0.39 is 0 Å². The number of anilines is 1. The van der Waals surface area contributed by atoms with Crippen LogP contribution >= 0.6 is 0 Å². The molecule has 1 heterocycles. The van der Waals surface area contributed by atoms with Gasteiger partial charge in [0.25, 0.3) is 0 Å². The van der Waals surface area contributed by atoms with Gasteiger partial charge in [-0.15, -0.1) is 0 Å². The number of nitriles is 1. The third-order valence-electron chi connectivity index (χ3n) is 2.71. The van der Waals surface area contributed by atoms with Crippen LogP contribution in [0.25, 0.3) is 0 Å². The first-order chi connectivity index (χ1) is 8.17.